The second kappa shape index (κ2) is 6.31. The van der Waals surface area contributed by atoms with E-state index in [1.54, 1.807) is 18.2 Å². The van der Waals surface area contributed by atoms with Gasteiger partial charge in [0.15, 0.2) is 0 Å². The molecule has 6 nitrogen and oxygen atoms in total. The molecule has 3 N–H and O–H groups in total. The van der Waals surface area contributed by atoms with Crippen molar-refractivity contribution in [1.29, 1.82) is 0 Å². The van der Waals surface area contributed by atoms with Gasteiger partial charge in [-0.15, -0.1) is 0 Å². The van der Waals surface area contributed by atoms with Gasteiger partial charge < -0.3 is 4.74 Å². The van der Waals surface area contributed by atoms with Gasteiger partial charge in [0.1, 0.15) is 11.4 Å². The fourth-order valence-electron chi connectivity index (χ4n) is 1.64. The van der Waals surface area contributed by atoms with Crippen molar-refractivity contribution in [2.24, 2.45) is 5.84 Å². The third-order valence-corrected chi connectivity index (χ3v) is 2.84. The predicted octanol–water partition coefficient (Wildman–Crippen LogP) is 1.80. The van der Waals surface area contributed by atoms with E-state index in [2.05, 4.69) is 9.97 Å². The number of benzene rings is 1. The van der Waals surface area contributed by atoms with Gasteiger partial charge in [0.05, 0.1) is 29.7 Å². The van der Waals surface area contributed by atoms with Crippen LogP contribution in [0.5, 0.6) is 5.75 Å². The number of carbonyl (C=O) groups is 1. The fourth-order valence-corrected chi connectivity index (χ4v) is 1.91. The second-order valence-corrected chi connectivity index (χ2v) is 4.24. The highest BCUT2D eigenvalue weighted by Crippen LogP contribution is 2.29. The number of nitrogens with zero attached hydrogens (tertiary/aromatic N) is 2. The number of hydrogen-bond donors (Lipinski definition) is 2. The summed E-state index contributed by atoms with van der Waals surface area (Å²) in [5.74, 6) is 5.22. The summed E-state index contributed by atoms with van der Waals surface area (Å²) in [7, 11) is 0. The summed E-state index contributed by atoms with van der Waals surface area (Å²) in [6.45, 7) is 2.45. The average Bonchev–Trinajstić information content (AvgIpc) is 2.47. The van der Waals surface area contributed by atoms with Crippen LogP contribution in [0, 0.1) is 0 Å². The molecule has 0 aliphatic heterocycles. The quantitative estimate of drug-likeness (QED) is 0.509. The predicted molar refractivity (Wildman–Crippen MR) is 75.3 cm³/mol. The Kier molecular flexibility index (Phi) is 4.49. The van der Waals surface area contributed by atoms with Crippen molar-refractivity contribution in [3.05, 3.63) is 41.3 Å². The molecule has 7 heteroatoms. The van der Waals surface area contributed by atoms with Crippen LogP contribution in [-0.4, -0.2) is 22.5 Å². The number of nitrogen functional groups attached to an aromatic ring is 1. The highest BCUT2D eigenvalue weighted by atomic mass is 35.5. The van der Waals surface area contributed by atoms with Crippen molar-refractivity contribution >= 4 is 17.5 Å². The normalized spacial score (nSPS) is 10.2. The third kappa shape index (κ3) is 3.04. The van der Waals surface area contributed by atoms with Crippen LogP contribution in [0.25, 0.3) is 11.3 Å². The van der Waals surface area contributed by atoms with Crippen molar-refractivity contribution in [1.82, 2.24) is 15.4 Å². The largest absolute Gasteiger partial charge is 0.494 e. The maximum Gasteiger partial charge on any atom is 0.285 e. The lowest BCUT2D eigenvalue weighted by Crippen LogP contribution is -2.30. The molecule has 0 bridgehead atoms. The molecule has 2 rings (SSSR count). The Hall–Kier alpha value is -2.18. The SMILES string of the molecule is CCOc1ccc(-c2cncc(C(=O)NN)n2)c(Cl)c1. The summed E-state index contributed by atoms with van der Waals surface area (Å²) in [4.78, 5) is 19.6. The number of ether oxygens (including phenoxy) is 1. The molecule has 2 aromatic rings. The highest BCUT2D eigenvalue weighted by molar-refractivity contribution is 6.33. The van der Waals surface area contributed by atoms with Gasteiger partial charge in [-0.2, -0.15) is 0 Å². The van der Waals surface area contributed by atoms with Crippen LogP contribution in [0.2, 0.25) is 5.02 Å². The van der Waals surface area contributed by atoms with Crippen LogP contribution in [0.4, 0.5) is 0 Å². The Morgan fingerprint density at radius 3 is 2.90 bits per heavy atom. The van der Waals surface area contributed by atoms with Crippen molar-refractivity contribution in [3.63, 3.8) is 0 Å². The van der Waals surface area contributed by atoms with Crippen LogP contribution in [-0.2, 0) is 0 Å². The van der Waals surface area contributed by atoms with E-state index in [1.807, 2.05) is 12.3 Å². The molecule has 1 aromatic heterocycles. The molecule has 1 amide bonds. The molecule has 0 unspecified atom stereocenters. The summed E-state index contributed by atoms with van der Waals surface area (Å²) < 4.78 is 5.36. The molecule has 1 aromatic carbocycles. The summed E-state index contributed by atoms with van der Waals surface area (Å²) >= 11 is 6.19. The second-order valence-electron chi connectivity index (χ2n) is 3.84. The first kappa shape index (κ1) is 14.2. The topological polar surface area (TPSA) is 90.1 Å². The van der Waals surface area contributed by atoms with Gasteiger partial charge in [-0.3, -0.25) is 15.2 Å². The zero-order valence-electron chi connectivity index (χ0n) is 10.8. The van der Waals surface area contributed by atoms with Crippen molar-refractivity contribution < 1.29 is 9.53 Å². The van der Waals surface area contributed by atoms with Gasteiger partial charge in [-0.1, -0.05) is 11.6 Å². The van der Waals surface area contributed by atoms with Crippen LogP contribution in [0.1, 0.15) is 17.4 Å². The monoisotopic (exact) mass is 292 g/mol. The molecule has 0 fully saturated rings. The summed E-state index contributed by atoms with van der Waals surface area (Å²) in [5, 5.41) is 0.468. The number of hydrazine groups is 1. The van der Waals surface area contributed by atoms with Gasteiger partial charge in [0.2, 0.25) is 0 Å². The van der Waals surface area contributed by atoms with E-state index < -0.39 is 5.91 Å². The number of carbonyl (C=O) groups excluding carboxylic acids is 1. The Bertz CT molecular complexity index is 634. The van der Waals surface area contributed by atoms with E-state index in [-0.39, 0.29) is 5.69 Å². The Morgan fingerprint density at radius 2 is 2.25 bits per heavy atom. The lowest BCUT2D eigenvalue weighted by molar-refractivity contribution is 0.0948. The number of nitrogens with one attached hydrogen (secondary N) is 1. The third-order valence-electron chi connectivity index (χ3n) is 2.53. The first-order valence-corrected chi connectivity index (χ1v) is 6.29. The van der Waals surface area contributed by atoms with Crippen molar-refractivity contribution in [3.8, 4) is 17.0 Å². The lowest BCUT2D eigenvalue weighted by Gasteiger charge is -2.08. The summed E-state index contributed by atoms with van der Waals surface area (Å²) in [5.41, 5.74) is 3.27. The minimum absolute atomic E-state index is 0.120. The molecule has 0 radical (unpaired) electrons. The summed E-state index contributed by atoms with van der Waals surface area (Å²) in [6, 6.07) is 5.24. The molecule has 0 aliphatic rings. The zero-order valence-corrected chi connectivity index (χ0v) is 11.5. The molecule has 0 saturated carbocycles. The van der Waals surface area contributed by atoms with E-state index in [9.17, 15) is 4.79 Å². The standard InChI is InChI=1S/C13H13ClN4O2/c1-2-20-8-3-4-9(10(14)5-8)11-6-16-7-12(17-11)13(19)18-15/h3-7H,2,15H2,1H3,(H,18,19). The van der Waals surface area contributed by atoms with E-state index in [1.165, 1.54) is 12.4 Å². The van der Waals surface area contributed by atoms with Crippen molar-refractivity contribution in [2.45, 2.75) is 6.92 Å². The van der Waals surface area contributed by atoms with Gasteiger partial charge in [0, 0.05) is 5.56 Å². The minimum atomic E-state index is -0.513. The number of aromatic nitrogens is 2. The maximum absolute atomic E-state index is 11.4. The molecular formula is C13H13ClN4O2. The molecule has 0 saturated heterocycles. The van der Waals surface area contributed by atoms with Crippen LogP contribution in [0.15, 0.2) is 30.6 Å². The first-order valence-electron chi connectivity index (χ1n) is 5.91. The Labute approximate surface area is 120 Å². The first-order chi connectivity index (χ1) is 9.65. The maximum atomic E-state index is 11.4. The Balaban J connectivity index is 2.38. The number of nitrogens with two attached hydrogens (primary N) is 1. The molecule has 104 valence electrons. The van der Waals surface area contributed by atoms with Crippen LogP contribution in [0.3, 0.4) is 0 Å². The molecule has 0 spiro atoms. The van der Waals surface area contributed by atoms with E-state index >= 15 is 0 Å². The fraction of sp³-hybridized carbons (Fsp3) is 0.154. The smallest absolute Gasteiger partial charge is 0.285 e. The average molecular weight is 293 g/mol. The lowest BCUT2D eigenvalue weighted by atomic mass is 10.1. The van der Waals surface area contributed by atoms with Crippen LogP contribution < -0.4 is 16.0 Å². The number of amides is 1. The van der Waals surface area contributed by atoms with E-state index in [0.717, 1.165) is 0 Å². The zero-order chi connectivity index (χ0) is 14.5. The number of hydrogen-bond acceptors (Lipinski definition) is 5. The highest BCUT2D eigenvalue weighted by Gasteiger charge is 2.11. The summed E-state index contributed by atoms with van der Waals surface area (Å²) in [6.07, 6.45) is 2.85. The van der Waals surface area contributed by atoms with Gasteiger partial charge in [-0.05, 0) is 25.1 Å². The van der Waals surface area contributed by atoms with Gasteiger partial charge >= 0.3 is 0 Å². The number of rotatable bonds is 4. The van der Waals surface area contributed by atoms with Crippen molar-refractivity contribution in [2.75, 3.05) is 6.61 Å². The number of halogens is 1. The molecule has 0 aliphatic carbocycles. The molecular weight excluding hydrogens is 280 g/mol. The molecule has 1 heterocycles. The van der Waals surface area contributed by atoms with E-state index in [4.69, 9.17) is 22.2 Å². The Morgan fingerprint density at radius 1 is 1.45 bits per heavy atom. The van der Waals surface area contributed by atoms with Gasteiger partial charge in [0.25, 0.3) is 5.91 Å². The van der Waals surface area contributed by atoms with Crippen LogP contribution >= 0.6 is 11.6 Å². The minimum Gasteiger partial charge on any atom is -0.494 e. The molecule has 20 heavy (non-hydrogen) atoms. The van der Waals surface area contributed by atoms with E-state index in [0.29, 0.717) is 28.6 Å². The van der Waals surface area contributed by atoms with Gasteiger partial charge in [-0.25, -0.2) is 10.8 Å². The molecule has 0 atom stereocenters.